The topological polar surface area (TPSA) is 125 Å². The molecule has 2 rings (SSSR count). The highest BCUT2D eigenvalue weighted by molar-refractivity contribution is 6.32. The first-order chi connectivity index (χ1) is 12.1. The third kappa shape index (κ3) is 4.97. The van der Waals surface area contributed by atoms with Crippen LogP contribution in [0.2, 0.25) is 5.02 Å². The fourth-order valence-corrected chi connectivity index (χ4v) is 2.43. The molecular weight excluding hydrogens is 350 g/mol. The number of ether oxygens (including phenoxy) is 2. The van der Waals surface area contributed by atoms with Gasteiger partial charge in [-0.05, 0) is 34.9 Å². The molecule has 9 nitrogen and oxygen atoms in total. The summed E-state index contributed by atoms with van der Waals surface area (Å²) in [5.41, 5.74) is 6.36. The summed E-state index contributed by atoms with van der Waals surface area (Å²) in [6, 6.07) is 3.66. The smallest absolute Gasteiger partial charge is 0.277 e. The van der Waals surface area contributed by atoms with Crippen LogP contribution >= 0.6 is 11.6 Å². The van der Waals surface area contributed by atoms with Crippen LogP contribution in [-0.2, 0) is 6.54 Å². The van der Waals surface area contributed by atoms with Crippen molar-refractivity contribution in [2.24, 2.45) is 0 Å². The number of hydrogen-bond acceptors (Lipinski definition) is 8. The second kappa shape index (κ2) is 9.09. The Hall–Kier alpha value is -2.52. The summed E-state index contributed by atoms with van der Waals surface area (Å²) in [4.78, 5) is 11.8. The third-order valence-electron chi connectivity index (χ3n) is 3.22. The van der Waals surface area contributed by atoms with E-state index in [4.69, 9.17) is 26.8 Å². The zero-order valence-corrected chi connectivity index (χ0v) is 14.7. The molecule has 4 N–H and O–H groups in total. The summed E-state index contributed by atoms with van der Waals surface area (Å²) in [5.74, 6) is 0.628. The summed E-state index contributed by atoms with van der Waals surface area (Å²) in [6.45, 7) is 3.86. The molecule has 0 unspecified atom stereocenters. The number of nitrogens with one attached hydrogen (secondary N) is 2. The minimum Gasteiger partial charge on any atom is -0.491 e. The lowest BCUT2D eigenvalue weighted by Gasteiger charge is -2.13. The Bertz CT molecular complexity index is 722. The predicted octanol–water partition coefficient (Wildman–Crippen LogP) is 1.23. The number of nitrogen functional groups attached to an aromatic ring is 1. The van der Waals surface area contributed by atoms with Crippen molar-refractivity contribution >= 4 is 23.3 Å². The number of carbonyl (C=O) groups is 1. The Balaban J connectivity index is 1.81. The van der Waals surface area contributed by atoms with Gasteiger partial charge in [0.15, 0.2) is 11.5 Å². The zero-order chi connectivity index (χ0) is 18.2. The van der Waals surface area contributed by atoms with Crippen molar-refractivity contribution in [1.29, 1.82) is 0 Å². The first-order valence-corrected chi connectivity index (χ1v) is 8.00. The van der Waals surface area contributed by atoms with Gasteiger partial charge in [0.25, 0.3) is 5.91 Å². The molecule has 0 saturated heterocycles. The quantitative estimate of drug-likeness (QED) is 0.564. The van der Waals surface area contributed by atoms with E-state index < -0.39 is 5.91 Å². The van der Waals surface area contributed by atoms with E-state index in [0.717, 1.165) is 5.56 Å². The van der Waals surface area contributed by atoms with Crippen molar-refractivity contribution in [3.63, 3.8) is 0 Å². The molecule has 1 aromatic heterocycles. The molecule has 0 atom stereocenters. The van der Waals surface area contributed by atoms with E-state index in [-0.39, 0.29) is 11.5 Å². The van der Waals surface area contributed by atoms with Gasteiger partial charge in [0.2, 0.25) is 11.5 Å². The average Bonchev–Trinajstić information content (AvgIpc) is 3.01. The summed E-state index contributed by atoms with van der Waals surface area (Å²) in [7, 11) is 1.54. The highest BCUT2D eigenvalue weighted by atomic mass is 35.5. The summed E-state index contributed by atoms with van der Waals surface area (Å²) in [5, 5.41) is 13.1. The Kier molecular flexibility index (Phi) is 6.84. The van der Waals surface area contributed by atoms with Crippen molar-refractivity contribution in [3.05, 3.63) is 28.4 Å². The van der Waals surface area contributed by atoms with Crippen LogP contribution < -0.4 is 25.8 Å². The highest BCUT2D eigenvalue weighted by Gasteiger charge is 2.15. The van der Waals surface area contributed by atoms with E-state index in [0.29, 0.717) is 42.8 Å². The number of benzene rings is 1. The first-order valence-electron chi connectivity index (χ1n) is 7.63. The molecule has 1 heterocycles. The third-order valence-corrected chi connectivity index (χ3v) is 3.50. The molecule has 1 aromatic carbocycles. The van der Waals surface area contributed by atoms with E-state index in [2.05, 4.69) is 25.6 Å². The zero-order valence-electron chi connectivity index (χ0n) is 14.0. The second-order valence-corrected chi connectivity index (χ2v) is 5.38. The SMILES string of the molecule is CCOc1cc(CNCCNC(=O)c2nonc2N)cc(Cl)c1OC. The van der Waals surface area contributed by atoms with Crippen molar-refractivity contribution in [1.82, 2.24) is 20.9 Å². The maximum Gasteiger partial charge on any atom is 0.277 e. The van der Waals surface area contributed by atoms with Crippen molar-refractivity contribution < 1.29 is 18.9 Å². The van der Waals surface area contributed by atoms with Crippen LogP contribution in [0.4, 0.5) is 5.82 Å². The maximum atomic E-state index is 11.8. The van der Waals surface area contributed by atoms with Crippen LogP contribution in [0.15, 0.2) is 16.8 Å². The highest BCUT2D eigenvalue weighted by Crippen LogP contribution is 2.36. The van der Waals surface area contributed by atoms with Gasteiger partial charge in [-0.15, -0.1) is 0 Å². The number of amides is 1. The number of nitrogens with zero attached hydrogens (tertiary/aromatic N) is 2. The minimum absolute atomic E-state index is 0.0247. The second-order valence-electron chi connectivity index (χ2n) is 4.97. The largest absolute Gasteiger partial charge is 0.491 e. The predicted molar refractivity (Wildman–Crippen MR) is 91.9 cm³/mol. The molecule has 0 fully saturated rings. The van der Waals surface area contributed by atoms with Gasteiger partial charge in [0, 0.05) is 19.6 Å². The Morgan fingerprint density at radius 3 is 2.80 bits per heavy atom. The van der Waals surface area contributed by atoms with Crippen molar-refractivity contribution in [2.75, 3.05) is 32.5 Å². The van der Waals surface area contributed by atoms with Crippen molar-refractivity contribution in [2.45, 2.75) is 13.5 Å². The van der Waals surface area contributed by atoms with E-state index in [9.17, 15) is 4.79 Å². The lowest BCUT2D eigenvalue weighted by atomic mass is 10.2. The molecule has 0 aliphatic carbocycles. The summed E-state index contributed by atoms with van der Waals surface area (Å²) < 4.78 is 15.2. The summed E-state index contributed by atoms with van der Waals surface area (Å²) in [6.07, 6.45) is 0. The van der Waals surface area contributed by atoms with Gasteiger partial charge in [0.05, 0.1) is 18.7 Å². The molecule has 136 valence electrons. The number of hydrogen-bond donors (Lipinski definition) is 3. The number of nitrogens with two attached hydrogens (primary N) is 1. The number of carbonyl (C=O) groups excluding carboxylic acids is 1. The fourth-order valence-electron chi connectivity index (χ4n) is 2.12. The van der Waals surface area contributed by atoms with Crippen LogP contribution in [0.5, 0.6) is 11.5 Å². The van der Waals surface area contributed by atoms with E-state index >= 15 is 0 Å². The fraction of sp³-hybridized carbons (Fsp3) is 0.400. The lowest BCUT2D eigenvalue weighted by molar-refractivity contribution is 0.0944. The number of methoxy groups -OCH3 is 1. The van der Waals surface area contributed by atoms with Gasteiger partial charge in [-0.3, -0.25) is 4.79 Å². The normalized spacial score (nSPS) is 10.5. The maximum absolute atomic E-state index is 11.8. The van der Waals surface area contributed by atoms with Crippen LogP contribution in [-0.4, -0.2) is 43.0 Å². The standard InChI is InChI=1S/C15H20ClN5O4/c1-3-24-11-7-9(6-10(16)13(11)23-2)8-18-4-5-19-15(22)12-14(17)21-25-20-12/h6-7,18H,3-5,8H2,1-2H3,(H2,17,21)(H,19,22). The molecule has 0 aliphatic heterocycles. The van der Waals surface area contributed by atoms with Gasteiger partial charge in [-0.25, -0.2) is 4.63 Å². The number of halogens is 1. The Morgan fingerprint density at radius 1 is 1.36 bits per heavy atom. The number of aromatic nitrogens is 2. The van der Waals surface area contributed by atoms with Crippen molar-refractivity contribution in [3.8, 4) is 11.5 Å². The van der Waals surface area contributed by atoms with Gasteiger partial charge in [0.1, 0.15) is 0 Å². The molecule has 10 heteroatoms. The van der Waals surface area contributed by atoms with Crippen LogP contribution in [0.1, 0.15) is 23.0 Å². The lowest BCUT2D eigenvalue weighted by Crippen LogP contribution is -2.32. The Labute approximate surface area is 149 Å². The Morgan fingerprint density at radius 2 is 2.16 bits per heavy atom. The summed E-state index contributed by atoms with van der Waals surface area (Å²) >= 11 is 6.20. The first kappa shape index (κ1) is 18.8. The molecule has 25 heavy (non-hydrogen) atoms. The van der Waals surface area contributed by atoms with E-state index in [1.807, 2.05) is 13.0 Å². The molecule has 1 amide bonds. The van der Waals surface area contributed by atoms with Gasteiger partial charge in [-0.1, -0.05) is 11.6 Å². The van der Waals surface area contributed by atoms with Gasteiger partial charge >= 0.3 is 0 Å². The molecule has 0 bridgehead atoms. The number of rotatable bonds is 9. The monoisotopic (exact) mass is 369 g/mol. The van der Waals surface area contributed by atoms with Crippen LogP contribution in [0.3, 0.4) is 0 Å². The molecule has 0 spiro atoms. The molecule has 0 aliphatic rings. The van der Waals surface area contributed by atoms with Crippen LogP contribution in [0, 0.1) is 0 Å². The average molecular weight is 370 g/mol. The van der Waals surface area contributed by atoms with E-state index in [1.165, 1.54) is 0 Å². The van der Waals surface area contributed by atoms with Gasteiger partial charge < -0.3 is 25.8 Å². The molecule has 0 saturated carbocycles. The van der Waals surface area contributed by atoms with E-state index in [1.54, 1.807) is 13.2 Å². The van der Waals surface area contributed by atoms with Gasteiger partial charge in [-0.2, -0.15) is 0 Å². The molecule has 0 radical (unpaired) electrons. The number of anilines is 1. The minimum atomic E-state index is -0.438. The molecular formula is C15H20ClN5O4. The molecule has 2 aromatic rings. The van der Waals surface area contributed by atoms with Crippen LogP contribution in [0.25, 0.3) is 0 Å².